The number of nitrogens with one attached hydrogen (secondary N) is 11. The third-order valence-electron chi connectivity index (χ3n) is 19.8. The molecule has 2 fully saturated rings. The van der Waals surface area contributed by atoms with Crippen LogP contribution in [0.3, 0.4) is 0 Å². The minimum Gasteiger partial charge on any atom is -0.481 e. The van der Waals surface area contributed by atoms with E-state index in [0.717, 1.165) is 49.7 Å². The fraction of sp³-hybridized carbons (Fsp3) is 0.678. The number of unbranched alkanes of at least 4 members (excludes halogenated alkanes) is 3. The summed E-state index contributed by atoms with van der Waals surface area (Å²) >= 11 is 0. The van der Waals surface area contributed by atoms with E-state index in [9.17, 15) is 77.3 Å². The summed E-state index contributed by atoms with van der Waals surface area (Å²) in [5, 5.41) is 60.4. The topological polar surface area (TPSA) is 523 Å². The van der Waals surface area contributed by atoms with E-state index >= 15 is 0 Å². The van der Waals surface area contributed by atoms with E-state index in [1.165, 1.54) is 6.08 Å². The second-order valence-corrected chi connectivity index (χ2v) is 32.7. The smallest absolute Gasteiger partial charge is 0.408 e. The Bertz CT molecular complexity index is 3540. The van der Waals surface area contributed by atoms with E-state index in [-0.39, 0.29) is 103 Å². The van der Waals surface area contributed by atoms with Gasteiger partial charge in [-0.15, -0.1) is 0 Å². The molecule has 2 saturated carbocycles. The van der Waals surface area contributed by atoms with Crippen molar-refractivity contribution in [3.63, 3.8) is 0 Å². The number of hydrogen-bond acceptors (Lipinski definition) is 24. The van der Waals surface area contributed by atoms with Gasteiger partial charge in [0.05, 0.1) is 25.3 Å². The molecule has 0 aromatic heterocycles. The SMILES string of the molecule is C=CCOC(=O)CNC(=O)C(O)C(CCC)NC(=O)[C@H](CCCCNC(=O)OCc1ccccc1)NC(=O)[C@@H](NC(=O)[C@H](CCCCOOCc1ccccc1)NC(=O)OC(C)(C)C)C1CCCCC1.CCCOC(=O)CNC(=O)C(O)C(CCC)NC(=O)[C@H](CCCCN)NC(=O)[C@@H](NC(=O)[C@H](CCCC(=O)O)NC(=O)OC(C)(C)C)C1CCCCC1. The van der Waals surface area contributed by atoms with E-state index in [2.05, 4.69) is 65.1 Å². The Balaban J connectivity index is 0.000000661. The lowest BCUT2D eigenvalue weighted by molar-refractivity contribution is -0.304. The van der Waals surface area contributed by atoms with Crippen LogP contribution in [0.5, 0.6) is 0 Å². The molecule has 36 nitrogen and oxygen atoms in total. The molecule has 0 heterocycles. The molecule has 123 heavy (non-hydrogen) atoms. The average Bonchev–Trinajstić information content (AvgIpc) is 0.835. The molecular formula is C87H140N12O24. The maximum absolute atomic E-state index is 14.5. The van der Waals surface area contributed by atoms with Crippen molar-refractivity contribution in [3.05, 3.63) is 84.4 Å². The van der Waals surface area contributed by atoms with Crippen LogP contribution in [0, 0.1) is 11.8 Å². The summed E-state index contributed by atoms with van der Waals surface area (Å²) in [7, 11) is 0. The molecule has 0 spiro atoms. The third-order valence-corrected chi connectivity index (χ3v) is 19.8. The molecule has 0 radical (unpaired) electrons. The number of carbonyl (C=O) groups excluding carboxylic acids is 13. The largest absolute Gasteiger partial charge is 0.481 e. The van der Waals surface area contributed by atoms with Gasteiger partial charge in [-0.1, -0.05) is 145 Å². The van der Waals surface area contributed by atoms with Crippen molar-refractivity contribution in [2.75, 3.05) is 46.0 Å². The number of ether oxygens (including phenoxy) is 5. The molecule has 2 aliphatic rings. The zero-order valence-electron chi connectivity index (χ0n) is 73.4. The van der Waals surface area contributed by atoms with Crippen LogP contribution >= 0.6 is 0 Å². The molecule has 2 aliphatic carbocycles. The van der Waals surface area contributed by atoms with Gasteiger partial charge in [0, 0.05) is 13.0 Å². The highest BCUT2D eigenvalue weighted by atomic mass is 17.2. The third kappa shape index (κ3) is 46.9. The fourth-order valence-corrected chi connectivity index (χ4v) is 13.5. The number of aliphatic hydroxyl groups is 2. The van der Waals surface area contributed by atoms with Gasteiger partial charge in [0.25, 0.3) is 11.8 Å². The minimum absolute atomic E-state index is 0.0326. The van der Waals surface area contributed by atoms with Crippen molar-refractivity contribution in [1.29, 1.82) is 0 Å². The highest BCUT2D eigenvalue weighted by Crippen LogP contribution is 2.29. The van der Waals surface area contributed by atoms with E-state index < -0.39 is 168 Å². The summed E-state index contributed by atoms with van der Waals surface area (Å²) in [4.78, 5) is 194. The number of amides is 11. The maximum atomic E-state index is 14.5. The Morgan fingerprint density at radius 2 is 0.854 bits per heavy atom. The fourth-order valence-electron chi connectivity index (χ4n) is 13.5. The molecule has 0 saturated heterocycles. The molecule has 36 heteroatoms. The highest BCUT2D eigenvalue weighted by Gasteiger charge is 2.40. The zero-order chi connectivity index (χ0) is 91.1. The number of aliphatic carboxylic acids is 1. The van der Waals surface area contributed by atoms with Crippen LogP contribution in [0.2, 0.25) is 0 Å². The van der Waals surface area contributed by atoms with Crippen LogP contribution in [-0.2, 0) is 99.4 Å². The van der Waals surface area contributed by atoms with E-state index in [4.69, 9.17) is 44.3 Å². The second kappa shape index (κ2) is 60.5. The van der Waals surface area contributed by atoms with Gasteiger partial charge in [0.1, 0.15) is 80.4 Å². The number of nitrogens with two attached hydrogens (primary N) is 1. The molecule has 2 aromatic carbocycles. The Morgan fingerprint density at radius 1 is 0.439 bits per heavy atom. The summed E-state index contributed by atoms with van der Waals surface area (Å²) in [5.41, 5.74) is 5.73. The number of alkyl carbamates (subject to hydrolysis) is 3. The number of carboxylic acids is 1. The first kappa shape index (κ1) is 107. The maximum Gasteiger partial charge on any atom is 0.408 e. The van der Waals surface area contributed by atoms with E-state index in [1.54, 1.807) is 55.4 Å². The second-order valence-electron chi connectivity index (χ2n) is 32.7. The molecular weight excluding hydrogens is 1600 g/mol. The normalized spacial score (nSPS) is 15.4. The van der Waals surface area contributed by atoms with Crippen LogP contribution in [0.1, 0.15) is 247 Å². The summed E-state index contributed by atoms with van der Waals surface area (Å²) in [6.07, 6.45) is 7.98. The quantitative estimate of drug-likeness (QED) is 0.00802. The van der Waals surface area contributed by atoms with Crippen molar-refractivity contribution >= 4 is 83.4 Å². The Morgan fingerprint density at radius 3 is 1.28 bits per heavy atom. The van der Waals surface area contributed by atoms with Gasteiger partial charge in [0.2, 0.25) is 35.4 Å². The van der Waals surface area contributed by atoms with Crippen molar-refractivity contribution in [3.8, 4) is 0 Å². The van der Waals surface area contributed by atoms with Crippen LogP contribution in [0.4, 0.5) is 14.4 Å². The molecule has 11 amide bonds. The molecule has 4 unspecified atom stereocenters. The van der Waals surface area contributed by atoms with Gasteiger partial charge in [0.15, 0.2) is 12.2 Å². The first-order valence-electron chi connectivity index (χ1n) is 43.4. The number of carbonyl (C=O) groups is 14. The van der Waals surface area contributed by atoms with Gasteiger partial charge in [-0.05, 0) is 187 Å². The summed E-state index contributed by atoms with van der Waals surface area (Å²) in [6.45, 7) is 19.2. The first-order valence-corrected chi connectivity index (χ1v) is 43.4. The highest BCUT2D eigenvalue weighted by molar-refractivity contribution is 5.96. The van der Waals surface area contributed by atoms with Crippen LogP contribution in [-0.4, -0.2) is 217 Å². The van der Waals surface area contributed by atoms with Gasteiger partial charge in [-0.2, -0.15) is 0 Å². The number of rotatable bonds is 55. The van der Waals surface area contributed by atoms with Crippen molar-refractivity contribution in [2.45, 2.75) is 321 Å². The Hall–Kier alpha value is -10.0. The lowest BCUT2D eigenvalue weighted by Crippen LogP contribution is -2.60. The molecule has 2 aromatic rings. The van der Waals surface area contributed by atoms with Crippen LogP contribution in [0.15, 0.2) is 73.3 Å². The average molecular weight is 1740 g/mol. The number of benzene rings is 2. The molecule has 692 valence electrons. The van der Waals surface area contributed by atoms with Gasteiger partial charge in [-0.25, -0.2) is 24.2 Å². The number of carboxylic acid groups (broad SMARTS) is 1. The summed E-state index contributed by atoms with van der Waals surface area (Å²) in [6, 6.07) is 9.70. The predicted molar refractivity (Wildman–Crippen MR) is 455 cm³/mol. The van der Waals surface area contributed by atoms with E-state index in [1.807, 2.05) is 67.6 Å². The monoisotopic (exact) mass is 1740 g/mol. The Labute approximate surface area is 723 Å². The summed E-state index contributed by atoms with van der Waals surface area (Å²) in [5.74, 6) is -8.81. The molecule has 0 bridgehead atoms. The minimum atomic E-state index is -1.77. The molecule has 16 N–H and O–H groups in total. The van der Waals surface area contributed by atoms with Crippen molar-refractivity contribution in [1.82, 2.24) is 58.5 Å². The van der Waals surface area contributed by atoms with Gasteiger partial charge in [-0.3, -0.25) is 52.7 Å². The van der Waals surface area contributed by atoms with Gasteiger partial charge >= 0.3 is 36.2 Å². The lowest BCUT2D eigenvalue weighted by Gasteiger charge is -2.33. The van der Waals surface area contributed by atoms with Crippen LogP contribution in [0.25, 0.3) is 0 Å². The number of aliphatic hydroxyl groups excluding tert-OH is 2. The Kier molecular flexibility index (Phi) is 52.7. The van der Waals surface area contributed by atoms with E-state index in [0.29, 0.717) is 90.0 Å². The summed E-state index contributed by atoms with van der Waals surface area (Å²) < 4.78 is 25.9. The molecule has 4 rings (SSSR count). The van der Waals surface area contributed by atoms with Crippen molar-refractivity contribution < 1.29 is 116 Å². The molecule has 10 atom stereocenters. The first-order chi connectivity index (χ1) is 58.6. The lowest BCUT2D eigenvalue weighted by atomic mass is 9.83. The zero-order valence-corrected chi connectivity index (χ0v) is 73.4. The molecule has 0 aliphatic heterocycles. The number of hydrogen-bond donors (Lipinski definition) is 15. The van der Waals surface area contributed by atoms with Crippen molar-refractivity contribution in [2.24, 2.45) is 17.6 Å². The van der Waals surface area contributed by atoms with Crippen LogP contribution < -0.4 is 64.2 Å². The number of esters is 2. The van der Waals surface area contributed by atoms with Gasteiger partial charge < -0.3 is 103 Å². The predicted octanol–water partition coefficient (Wildman–Crippen LogP) is 6.86. The standard InChI is InChI=1S/C51H76N6O13.C36H64N6O11/c1-6-21-39(44(59)48(63)53-33-42(58)66-31-7-2)54-45(60)40(28-17-19-30-52-49(64)67-34-36-22-11-8-12-23-36)55-47(62)43(38-26-15-10-16-27-38)57-46(61)41(56-50(65)70-51(3,4)5)29-18-20-32-68-69-35-37-24-13-9-14-25-37;1-6-14-24(30(46)34(50)38-22-28(45)52-21-7-2)39-31(47)25(17-11-12-20-37)40-33(49)29(23-15-9-8-10-16-23)42-32(48)26(18-13-19-27(43)44)41-35(51)53-36(3,4)5/h7-9,11-14,22-25,38-41,43-44,59H,2,6,10,15-21,26-35H2,1,3-5H3,(H,52,64)(H,53,63)(H,54,60)(H,55,62)(H,56,65)(H,57,61);23-26,29-30,46H,6-22,37H2,1-5H3,(H,38,50)(H,39,47)(H,40,49)(H,41,51)(H,42,48)(H,43,44)/t39?,40-,41-,43-,44?;24?,25-,26-,29-,30?/m00/s1.